The van der Waals surface area contributed by atoms with E-state index in [-0.39, 0.29) is 30.1 Å². The van der Waals surface area contributed by atoms with E-state index in [9.17, 15) is 13.5 Å². The highest BCUT2D eigenvalue weighted by Crippen LogP contribution is 2.34. The molecule has 8 heteroatoms. The highest BCUT2D eigenvalue weighted by Gasteiger charge is 2.38. The number of aliphatic hydroxyl groups is 1. The maximum absolute atomic E-state index is 13.5. The fourth-order valence-corrected chi connectivity index (χ4v) is 5.81. The van der Waals surface area contributed by atoms with Crippen molar-refractivity contribution < 1.29 is 18.3 Å². The van der Waals surface area contributed by atoms with Gasteiger partial charge in [0.25, 0.3) is 0 Å². The molecule has 7 nitrogen and oxygen atoms in total. The van der Waals surface area contributed by atoms with Gasteiger partial charge in [-0.1, -0.05) is 25.7 Å². The van der Waals surface area contributed by atoms with Crippen LogP contribution in [0.1, 0.15) is 44.7 Å². The number of ether oxygens (including phenoxy) is 1. The molecule has 184 valence electrons. The number of nitrogens with zero attached hydrogens (tertiary/aromatic N) is 3. The van der Waals surface area contributed by atoms with Crippen molar-refractivity contribution >= 4 is 10.0 Å². The van der Waals surface area contributed by atoms with Gasteiger partial charge >= 0.3 is 0 Å². The summed E-state index contributed by atoms with van der Waals surface area (Å²) in [5.74, 6) is 6.43. The minimum Gasteiger partial charge on any atom is -0.487 e. The van der Waals surface area contributed by atoms with Crippen LogP contribution < -0.4 is 4.74 Å². The van der Waals surface area contributed by atoms with Crippen LogP contribution in [0, 0.1) is 17.8 Å². The van der Waals surface area contributed by atoms with Crippen LogP contribution in [0.2, 0.25) is 0 Å². The SMILES string of the molecule is CCCC#Cc1ccc2c(c1)O[C@@H](CN(C)Cc1ccncc1)[C@H](C)CN([C@H](C)CO)S2(=O)=O. The molecule has 1 aliphatic heterocycles. The van der Waals surface area contributed by atoms with Gasteiger partial charge < -0.3 is 9.84 Å². The van der Waals surface area contributed by atoms with E-state index in [1.807, 2.05) is 26.1 Å². The molecule has 0 bridgehead atoms. The van der Waals surface area contributed by atoms with Crippen molar-refractivity contribution in [3.8, 4) is 17.6 Å². The fraction of sp³-hybridized carbons (Fsp3) is 0.500. The van der Waals surface area contributed by atoms with Gasteiger partial charge in [0.2, 0.25) is 10.0 Å². The fourth-order valence-electron chi connectivity index (χ4n) is 3.98. The smallest absolute Gasteiger partial charge is 0.247 e. The number of pyridine rings is 1. The second-order valence-corrected chi connectivity index (χ2v) is 10.9. The maximum Gasteiger partial charge on any atom is 0.247 e. The van der Waals surface area contributed by atoms with Crippen LogP contribution in [0.4, 0.5) is 0 Å². The normalized spacial score (nSPS) is 20.9. The summed E-state index contributed by atoms with van der Waals surface area (Å²) in [6.45, 7) is 7.12. The Morgan fingerprint density at radius 1 is 1.29 bits per heavy atom. The number of hydrogen-bond acceptors (Lipinski definition) is 6. The number of hydrogen-bond donors (Lipinski definition) is 1. The Balaban J connectivity index is 1.97. The molecule has 3 rings (SSSR count). The van der Waals surface area contributed by atoms with Crippen LogP contribution >= 0.6 is 0 Å². The van der Waals surface area contributed by atoms with E-state index in [0.29, 0.717) is 12.3 Å². The van der Waals surface area contributed by atoms with Crippen LogP contribution in [-0.2, 0) is 16.6 Å². The lowest BCUT2D eigenvalue weighted by Crippen LogP contribution is -2.49. The van der Waals surface area contributed by atoms with E-state index < -0.39 is 16.1 Å². The van der Waals surface area contributed by atoms with Crippen LogP contribution in [-0.4, -0.2) is 66.6 Å². The first-order chi connectivity index (χ1) is 16.3. The van der Waals surface area contributed by atoms with Crippen molar-refractivity contribution in [2.45, 2.75) is 57.2 Å². The van der Waals surface area contributed by atoms with Gasteiger partial charge in [-0.05, 0) is 56.3 Å². The second kappa shape index (κ2) is 11.8. The van der Waals surface area contributed by atoms with Crippen LogP contribution in [0.3, 0.4) is 0 Å². The molecule has 0 radical (unpaired) electrons. The molecule has 3 atom stereocenters. The highest BCUT2D eigenvalue weighted by atomic mass is 32.2. The monoisotopic (exact) mass is 485 g/mol. The van der Waals surface area contributed by atoms with Gasteiger partial charge in [-0.15, -0.1) is 0 Å². The lowest BCUT2D eigenvalue weighted by Gasteiger charge is -2.37. The number of benzene rings is 1. The summed E-state index contributed by atoms with van der Waals surface area (Å²) in [4.78, 5) is 6.35. The Bertz CT molecular complexity index is 1110. The van der Waals surface area contributed by atoms with E-state index in [1.54, 1.807) is 37.5 Å². The summed E-state index contributed by atoms with van der Waals surface area (Å²) < 4.78 is 34.9. The van der Waals surface area contributed by atoms with E-state index >= 15 is 0 Å². The number of aliphatic hydroxyl groups excluding tert-OH is 1. The van der Waals surface area contributed by atoms with Gasteiger partial charge in [0, 0.05) is 56.0 Å². The quantitative estimate of drug-likeness (QED) is 0.607. The van der Waals surface area contributed by atoms with Gasteiger partial charge in [0.15, 0.2) is 0 Å². The molecule has 2 aromatic rings. The summed E-state index contributed by atoms with van der Waals surface area (Å²) >= 11 is 0. The Morgan fingerprint density at radius 2 is 2.03 bits per heavy atom. The third-order valence-electron chi connectivity index (χ3n) is 5.97. The van der Waals surface area contributed by atoms with Gasteiger partial charge in [0.05, 0.1) is 6.61 Å². The lowest BCUT2D eigenvalue weighted by molar-refractivity contribution is 0.0733. The summed E-state index contributed by atoms with van der Waals surface area (Å²) in [7, 11) is -1.83. The van der Waals surface area contributed by atoms with E-state index in [1.165, 1.54) is 4.31 Å². The van der Waals surface area contributed by atoms with E-state index in [0.717, 1.165) is 30.5 Å². The molecule has 0 aliphatic carbocycles. The summed E-state index contributed by atoms with van der Waals surface area (Å²) in [6.07, 6.45) is 5.02. The highest BCUT2D eigenvalue weighted by molar-refractivity contribution is 7.89. The van der Waals surface area contributed by atoms with Crippen molar-refractivity contribution in [2.24, 2.45) is 5.92 Å². The molecule has 0 saturated carbocycles. The Hall–Kier alpha value is -2.44. The topological polar surface area (TPSA) is 83.0 Å². The third-order valence-corrected chi connectivity index (χ3v) is 7.99. The van der Waals surface area contributed by atoms with Crippen molar-refractivity contribution in [3.05, 3.63) is 53.9 Å². The molecule has 1 N–H and O–H groups in total. The predicted molar refractivity (Wildman–Crippen MR) is 133 cm³/mol. The molecular formula is C26H35N3O4S. The Morgan fingerprint density at radius 3 is 2.71 bits per heavy atom. The summed E-state index contributed by atoms with van der Waals surface area (Å²) in [6, 6.07) is 8.44. The molecule has 0 fully saturated rings. The molecule has 0 spiro atoms. The van der Waals surface area contributed by atoms with E-state index in [4.69, 9.17) is 4.74 Å². The van der Waals surface area contributed by atoms with Crippen molar-refractivity contribution in [1.82, 2.24) is 14.2 Å². The zero-order valence-electron chi connectivity index (χ0n) is 20.4. The van der Waals surface area contributed by atoms with Crippen LogP contribution in [0.15, 0.2) is 47.6 Å². The van der Waals surface area contributed by atoms with Crippen molar-refractivity contribution in [2.75, 3.05) is 26.7 Å². The first-order valence-corrected chi connectivity index (χ1v) is 13.2. The standard InChI is InChI=1S/C26H35N3O4S/c1-5-6-7-8-22-9-10-26-24(15-22)33-25(18-28(4)17-23-11-13-27-14-12-23)20(2)16-29(21(3)19-30)34(26,31)32/h9-15,20-21,25,30H,5-6,16-19H2,1-4H3/t20-,21-,25+/m1/s1. The summed E-state index contributed by atoms with van der Waals surface area (Å²) in [5, 5.41) is 9.79. The molecule has 0 saturated heterocycles. The number of rotatable bonds is 7. The Labute approximate surface area is 203 Å². The second-order valence-electron chi connectivity index (χ2n) is 9.01. The van der Waals surface area contributed by atoms with Gasteiger partial charge in [0.1, 0.15) is 16.7 Å². The predicted octanol–water partition coefficient (Wildman–Crippen LogP) is 3.13. The Kier molecular flexibility index (Phi) is 9.09. The molecule has 0 amide bonds. The first kappa shape index (κ1) is 26.2. The number of sulfonamides is 1. The average Bonchev–Trinajstić information content (AvgIpc) is 2.81. The molecule has 1 aromatic carbocycles. The molecule has 1 aromatic heterocycles. The van der Waals surface area contributed by atoms with Gasteiger partial charge in [-0.2, -0.15) is 4.31 Å². The molecule has 2 heterocycles. The summed E-state index contributed by atoms with van der Waals surface area (Å²) in [5.41, 5.74) is 1.87. The molecule has 1 aliphatic rings. The number of fused-ring (bicyclic) bond motifs is 1. The van der Waals surface area contributed by atoms with Gasteiger partial charge in [-0.3, -0.25) is 9.88 Å². The zero-order valence-corrected chi connectivity index (χ0v) is 21.3. The van der Waals surface area contributed by atoms with Gasteiger partial charge in [-0.25, -0.2) is 8.42 Å². The maximum atomic E-state index is 13.5. The lowest BCUT2D eigenvalue weighted by atomic mass is 10.0. The van der Waals surface area contributed by atoms with Crippen molar-refractivity contribution in [1.29, 1.82) is 0 Å². The minimum atomic E-state index is -3.85. The van der Waals surface area contributed by atoms with Crippen LogP contribution in [0.25, 0.3) is 0 Å². The number of aromatic nitrogens is 1. The first-order valence-electron chi connectivity index (χ1n) is 11.8. The van der Waals surface area contributed by atoms with Crippen molar-refractivity contribution in [3.63, 3.8) is 0 Å². The number of unbranched alkanes of at least 4 members (excludes halogenated alkanes) is 1. The van der Waals surface area contributed by atoms with Crippen LogP contribution in [0.5, 0.6) is 5.75 Å². The molecule has 0 unspecified atom stereocenters. The van der Waals surface area contributed by atoms with E-state index in [2.05, 4.69) is 28.6 Å². The molecule has 34 heavy (non-hydrogen) atoms. The minimum absolute atomic E-state index is 0.105. The largest absolute Gasteiger partial charge is 0.487 e. The number of likely N-dealkylation sites (N-methyl/N-ethyl adjacent to an activating group) is 1. The molecular weight excluding hydrogens is 450 g/mol. The third kappa shape index (κ3) is 6.36. The zero-order chi connectivity index (χ0) is 24.7. The average molecular weight is 486 g/mol.